The van der Waals surface area contributed by atoms with E-state index in [1.807, 2.05) is 0 Å². The molecule has 1 aliphatic rings. The Morgan fingerprint density at radius 2 is 1.60 bits per heavy atom. The van der Waals surface area contributed by atoms with Gasteiger partial charge in [-0.2, -0.15) is 0 Å². The van der Waals surface area contributed by atoms with Crippen LogP contribution in [0, 0.1) is 5.82 Å². The summed E-state index contributed by atoms with van der Waals surface area (Å²) >= 11 is 6.51. The highest BCUT2D eigenvalue weighted by atomic mass is 35.5. The quantitative estimate of drug-likeness (QED) is 0.181. The molecule has 0 fully saturated rings. The number of aromatic carboxylic acids is 1. The van der Waals surface area contributed by atoms with Gasteiger partial charge in [-0.25, -0.2) is 30.4 Å². The summed E-state index contributed by atoms with van der Waals surface area (Å²) in [5.41, 5.74) is 2.04. The first-order valence-corrected chi connectivity index (χ1v) is 15.9. The van der Waals surface area contributed by atoms with Crippen LogP contribution in [-0.2, 0) is 10.0 Å². The Morgan fingerprint density at radius 3 is 2.32 bits per heavy atom. The Kier molecular flexibility index (Phi) is 7.45. The molecule has 0 radical (unpaired) electrons. The van der Waals surface area contributed by atoms with Crippen molar-refractivity contribution in [1.29, 1.82) is 0 Å². The van der Waals surface area contributed by atoms with E-state index < -0.39 is 28.2 Å². The molecule has 0 bridgehead atoms. The molecule has 1 aromatic heterocycles. The molecule has 0 amide bonds. The molecule has 47 heavy (non-hydrogen) atoms. The molecule has 7 nitrogen and oxygen atoms in total. The van der Waals surface area contributed by atoms with Crippen molar-refractivity contribution >= 4 is 38.5 Å². The van der Waals surface area contributed by atoms with Crippen LogP contribution in [0.3, 0.4) is 0 Å². The van der Waals surface area contributed by atoms with Gasteiger partial charge in [-0.1, -0.05) is 60.1 Å². The third kappa shape index (κ3) is 5.17. The lowest BCUT2D eigenvalue weighted by atomic mass is 9.95. The third-order valence-corrected chi connectivity index (χ3v) is 9.93. The molecule has 5 aromatic carbocycles. The molecule has 6 aromatic rings. The molecule has 0 saturated heterocycles. The highest BCUT2D eigenvalue weighted by Gasteiger charge is 2.32. The SMILES string of the molecule is O=C(O)c1ccc(-c2cccc(-c3c(-c4cccc5c4OCO5)c4cc(F)ccc4n3S(=O)(=O)c3ccc(C(F)F)cc3)c2)c(Cl)c1. The molecule has 0 atom stereocenters. The number of carbonyl (C=O) groups is 1. The molecule has 0 unspecified atom stereocenters. The first-order chi connectivity index (χ1) is 22.5. The van der Waals surface area contributed by atoms with E-state index in [4.69, 9.17) is 21.1 Å². The molecule has 2 heterocycles. The van der Waals surface area contributed by atoms with Crippen LogP contribution in [-0.4, -0.2) is 30.3 Å². The fraction of sp³-hybridized carbons (Fsp3) is 0.0571. The van der Waals surface area contributed by atoms with Crippen molar-refractivity contribution in [2.24, 2.45) is 0 Å². The van der Waals surface area contributed by atoms with Crippen molar-refractivity contribution in [1.82, 2.24) is 3.97 Å². The van der Waals surface area contributed by atoms with Gasteiger partial charge in [-0.3, -0.25) is 0 Å². The van der Waals surface area contributed by atoms with Crippen molar-refractivity contribution < 1.29 is 41.0 Å². The summed E-state index contributed by atoms with van der Waals surface area (Å²) in [6, 6.07) is 24.1. The molecular weight excluding hydrogens is 655 g/mol. The number of ether oxygens (including phenoxy) is 2. The number of para-hydroxylation sites is 1. The van der Waals surface area contributed by atoms with Crippen molar-refractivity contribution in [3.63, 3.8) is 0 Å². The van der Waals surface area contributed by atoms with E-state index in [9.17, 15) is 31.5 Å². The number of halogens is 4. The van der Waals surface area contributed by atoms with Gasteiger partial charge >= 0.3 is 5.97 Å². The second-order valence-corrected chi connectivity index (χ2v) is 12.8. The number of hydrogen-bond acceptors (Lipinski definition) is 5. The second kappa shape index (κ2) is 11.5. The predicted molar refractivity (Wildman–Crippen MR) is 170 cm³/mol. The smallest absolute Gasteiger partial charge is 0.335 e. The number of benzene rings is 5. The van der Waals surface area contributed by atoms with E-state index >= 15 is 0 Å². The van der Waals surface area contributed by atoms with Crippen molar-refractivity contribution in [2.45, 2.75) is 11.3 Å². The van der Waals surface area contributed by atoms with Crippen LogP contribution in [0.25, 0.3) is 44.4 Å². The van der Waals surface area contributed by atoms with Crippen LogP contribution < -0.4 is 9.47 Å². The maximum Gasteiger partial charge on any atom is 0.335 e. The molecule has 0 aliphatic carbocycles. The second-order valence-electron chi connectivity index (χ2n) is 10.6. The lowest BCUT2D eigenvalue weighted by Crippen LogP contribution is -2.14. The summed E-state index contributed by atoms with van der Waals surface area (Å²) in [7, 11) is -4.52. The third-order valence-electron chi connectivity index (χ3n) is 7.89. The standard InChI is InChI=1S/C35H21ClF3NO6S/c36-28-16-22(35(41)42)9-13-25(28)20-3-1-4-21(15-20)32-31(26-5-2-6-30-33(26)46-18-45-30)27-17-23(37)10-14-29(27)40(32)47(43,44)24-11-7-19(8-12-24)34(38)39/h1-17,34H,18H2,(H,41,42). The van der Waals surface area contributed by atoms with E-state index in [-0.39, 0.29) is 44.4 Å². The summed E-state index contributed by atoms with van der Waals surface area (Å²) in [4.78, 5) is 11.2. The van der Waals surface area contributed by atoms with Gasteiger partial charge in [0.1, 0.15) is 5.82 Å². The normalized spacial score (nSPS) is 12.6. The Hall–Kier alpha value is -5.26. The summed E-state index contributed by atoms with van der Waals surface area (Å²) in [6.07, 6.45) is -2.80. The van der Waals surface area contributed by atoms with Gasteiger partial charge in [0, 0.05) is 38.2 Å². The number of fused-ring (bicyclic) bond motifs is 2. The van der Waals surface area contributed by atoms with E-state index in [1.165, 1.54) is 24.3 Å². The van der Waals surface area contributed by atoms with Crippen molar-refractivity contribution in [3.8, 4) is 45.0 Å². The Balaban J connectivity index is 1.56. The Bertz CT molecular complexity index is 2340. The number of rotatable bonds is 7. The highest BCUT2D eigenvalue weighted by Crippen LogP contribution is 2.50. The van der Waals surface area contributed by atoms with Gasteiger partial charge in [0.2, 0.25) is 6.79 Å². The lowest BCUT2D eigenvalue weighted by Gasteiger charge is -2.16. The number of carboxylic acid groups (broad SMARTS) is 1. The van der Waals surface area contributed by atoms with Crippen LogP contribution in [0.5, 0.6) is 11.5 Å². The van der Waals surface area contributed by atoms with Crippen LogP contribution >= 0.6 is 11.6 Å². The summed E-state index contributed by atoms with van der Waals surface area (Å²) < 4.78 is 83.3. The predicted octanol–water partition coefficient (Wildman–Crippen LogP) is 9.04. The molecule has 1 aliphatic heterocycles. The minimum absolute atomic E-state index is 0.0107. The monoisotopic (exact) mass is 675 g/mol. The number of hydrogen-bond donors (Lipinski definition) is 1. The van der Waals surface area contributed by atoms with Crippen molar-refractivity contribution in [3.05, 3.63) is 125 Å². The number of aromatic nitrogens is 1. The first kappa shape index (κ1) is 30.4. The van der Waals surface area contributed by atoms with E-state index in [0.29, 0.717) is 39.3 Å². The average molecular weight is 676 g/mol. The molecule has 7 rings (SSSR count). The fourth-order valence-corrected chi connectivity index (χ4v) is 7.59. The minimum Gasteiger partial charge on any atom is -0.478 e. The number of nitrogens with zero attached hydrogens (tertiary/aromatic N) is 1. The van der Waals surface area contributed by atoms with Crippen LogP contribution in [0.15, 0.2) is 108 Å². The summed E-state index contributed by atoms with van der Waals surface area (Å²) in [5, 5.41) is 9.80. The van der Waals surface area contributed by atoms with Gasteiger partial charge in [0.15, 0.2) is 11.5 Å². The van der Waals surface area contributed by atoms with Crippen LogP contribution in [0.2, 0.25) is 5.02 Å². The summed E-state index contributed by atoms with van der Waals surface area (Å²) in [5.74, 6) is -1.03. The number of alkyl halides is 2. The zero-order valence-corrected chi connectivity index (χ0v) is 25.5. The van der Waals surface area contributed by atoms with Gasteiger partial charge in [-0.05, 0) is 60.2 Å². The first-order valence-electron chi connectivity index (χ1n) is 14.0. The van der Waals surface area contributed by atoms with Crippen molar-refractivity contribution in [2.75, 3.05) is 6.79 Å². The van der Waals surface area contributed by atoms with Crippen LogP contribution in [0.1, 0.15) is 22.3 Å². The maximum atomic E-state index is 15.0. The Labute approximate surface area is 271 Å². The lowest BCUT2D eigenvalue weighted by molar-refractivity contribution is 0.0696. The van der Waals surface area contributed by atoms with Gasteiger partial charge < -0.3 is 14.6 Å². The fourth-order valence-electron chi connectivity index (χ4n) is 5.75. The van der Waals surface area contributed by atoms with E-state index in [0.717, 1.165) is 34.3 Å². The number of carboxylic acids is 1. The Morgan fingerprint density at radius 1 is 0.851 bits per heavy atom. The molecular formula is C35H21ClF3NO6S. The van der Waals surface area contributed by atoms with Gasteiger partial charge in [0.05, 0.1) is 21.7 Å². The largest absolute Gasteiger partial charge is 0.478 e. The molecule has 236 valence electrons. The van der Waals surface area contributed by atoms with E-state index in [2.05, 4.69) is 0 Å². The minimum atomic E-state index is -4.52. The van der Waals surface area contributed by atoms with Gasteiger partial charge in [-0.15, -0.1) is 0 Å². The molecule has 1 N–H and O–H groups in total. The van der Waals surface area contributed by atoms with Crippen LogP contribution in [0.4, 0.5) is 13.2 Å². The van der Waals surface area contributed by atoms with Gasteiger partial charge in [0.25, 0.3) is 16.4 Å². The molecule has 12 heteroatoms. The maximum absolute atomic E-state index is 15.0. The average Bonchev–Trinajstić information content (AvgIpc) is 3.68. The molecule has 0 saturated carbocycles. The highest BCUT2D eigenvalue weighted by molar-refractivity contribution is 7.90. The zero-order valence-electron chi connectivity index (χ0n) is 24.0. The molecule has 0 spiro atoms. The topological polar surface area (TPSA) is 94.8 Å². The zero-order chi connectivity index (χ0) is 33.0. The van der Waals surface area contributed by atoms with E-state index in [1.54, 1.807) is 48.5 Å². The summed E-state index contributed by atoms with van der Waals surface area (Å²) in [6.45, 7) is -0.0796.